The van der Waals surface area contributed by atoms with Gasteiger partial charge in [-0.25, -0.2) is 4.79 Å². The number of benzene rings is 1. The number of aliphatic hydroxyl groups is 1. The first kappa shape index (κ1) is 13.3. The molecule has 1 unspecified atom stereocenters. The van der Waals surface area contributed by atoms with Gasteiger partial charge in [-0.15, -0.1) is 0 Å². The van der Waals surface area contributed by atoms with Crippen LogP contribution in [0.4, 0.5) is 13.2 Å². The number of hydrogen-bond donors (Lipinski definition) is 2. The maximum atomic E-state index is 12.5. The molecule has 0 aliphatic heterocycles. The largest absolute Gasteiger partial charge is 0.497 e. The van der Waals surface area contributed by atoms with Crippen LogP contribution in [-0.2, 0) is 11.0 Å². The molecule has 0 radical (unpaired) electrons. The second kappa shape index (κ2) is 4.62. The average molecular weight is 250 g/mol. The molecule has 94 valence electrons. The van der Waals surface area contributed by atoms with Crippen molar-refractivity contribution < 1.29 is 32.9 Å². The number of rotatable bonds is 3. The Morgan fingerprint density at radius 3 is 2.35 bits per heavy atom. The third kappa shape index (κ3) is 3.10. The molecule has 1 aromatic rings. The lowest BCUT2D eigenvalue weighted by Crippen LogP contribution is -2.13. The van der Waals surface area contributed by atoms with Gasteiger partial charge in [0.25, 0.3) is 0 Å². The molecule has 1 atom stereocenters. The topological polar surface area (TPSA) is 66.8 Å². The molecule has 0 saturated heterocycles. The summed E-state index contributed by atoms with van der Waals surface area (Å²) in [6.07, 6.45) is -6.66. The highest BCUT2D eigenvalue weighted by Crippen LogP contribution is 2.34. The molecule has 0 saturated carbocycles. The van der Waals surface area contributed by atoms with Crippen LogP contribution in [0, 0.1) is 0 Å². The van der Waals surface area contributed by atoms with Crippen LogP contribution in [0.3, 0.4) is 0 Å². The van der Waals surface area contributed by atoms with Gasteiger partial charge in [-0.05, 0) is 23.8 Å². The highest BCUT2D eigenvalue weighted by molar-refractivity contribution is 5.74. The van der Waals surface area contributed by atoms with Crippen molar-refractivity contribution in [1.29, 1.82) is 0 Å². The molecule has 7 heteroatoms. The fourth-order valence-corrected chi connectivity index (χ4v) is 1.20. The maximum absolute atomic E-state index is 12.5. The number of aliphatic hydroxyl groups excluding tert-OH is 1. The minimum atomic E-state index is -4.64. The molecule has 4 nitrogen and oxygen atoms in total. The minimum Gasteiger partial charge on any atom is -0.497 e. The van der Waals surface area contributed by atoms with Crippen LogP contribution in [0.5, 0.6) is 5.75 Å². The van der Waals surface area contributed by atoms with E-state index < -0.39 is 23.8 Å². The Bertz CT molecular complexity index is 428. The Hall–Kier alpha value is -1.76. The van der Waals surface area contributed by atoms with Gasteiger partial charge in [0.05, 0.1) is 12.7 Å². The van der Waals surface area contributed by atoms with E-state index in [-0.39, 0.29) is 11.3 Å². The molecule has 0 aliphatic rings. The zero-order valence-corrected chi connectivity index (χ0v) is 8.65. The number of carbonyl (C=O) groups is 1. The second-order valence-electron chi connectivity index (χ2n) is 3.23. The molecule has 0 amide bonds. The van der Waals surface area contributed by atoms with Crippen molar-refractivity contribution in [3.05, 3.63) is 29.3 Å². The van der Waals surface area contributed by atoms with E-state index in [1.165, 1.54) is 0 Å². The summed E-state index contributed by atoms with van der Waals surface area (Å²) < 4.78 is 42.0. The molecule has 2 N–H and O–H groups in total. The SMILES string of the molecule is COc1cc(C(O)C(=O)O)cc(C(F)(F)F)c1. The molecule has 1 aromatic carbocycles. The van der Waals surface area contributed by atoms with E-state index in [2.05, 4.69) is 4.74 Å². The Morgan fingerprint density at radius 2 is 1.94 bits per heavy atom. The Balaban J connectivity index is 3.28. The second-order valence-corrected chi connectivity index (χ2v) is 3.23. The lowest BCUT2D eigenvalue weighted by Gasteiger charge is -2.13. The quantitative estimate of drug-likeness (QED) is 0.858. The first-order chi connectivity index (χ1) is 7.75. The summed E-state index contributed by atoms with van der Waals surface area (Å²) in [7, 11) is 1.15. The van der Waals surface area contributed by atoms with Crippen molar-refractivity contribution >= 4 is 5.97 Å². The van der Waals surface area contributed by atoms with Crippen LogP contribution in [-0.4, -0.2) is 23.3 Å². The molecular formula is C10H9F3O4. The van der Waals surface area contributed by atoms with E-state index in [0.29, 0.717) is 6.07 Å². The first-order valence-corrected chi connectivity index (χ1v) is 4.42. The van der Waals surface area contributed by atoms with Crippen LogP contribution < -0.4 is 4.74 Å². The maximum Gasteiger partial charge on any atom is 0.416 e. The van der Waals surface area contributed by atoms with Crippen LogP contribution in [0.2, 0.25) is 0 Å². The number of halogens is 3. The highest BCUT2D eigenvalue weighted by Gasteiger charge is 2.32. The van der Waals surface area contributed by atoms with Gasteiger partial charge in [0.15, 0.2) is 6.10 Å². The van der Waals surface area contributed by atoms with Crippen molar-refractivity contribution in [2.75, 3.05) is 7.11 Å². The summed E-state index contributed by atoms with van der Waals surface area (Å²) in [6.45, 7) is 0. The summed E-state index contributed by atoms with van der Waals surface area (Å²) in [4.78, 5) is 10.5. The molecule has 1 rings (SSSR count). The fourth-order valence-electron chi connectivity index (χ4n) is 1.20. The van der Waals surface area contributed by atoms with Gasteiger partial charge in [0.1, 0.15) is 5.75 Å². The number of alkyl halides is 3. The molecule has 0 heterocycles. The van der Waals surface area contributed by atoms with Crippen molar-refractivity contribution in [1.82, 2.24) is 0 Å². The highest BCUT2D eigenvalue weighted by atomic mass is 19.4. The number of ether oxygens (including phenoxy) is 1. The third-order valence-electron chi connectivity index (χ3n) is 2.04. The van der Waals surface area contributed by atoms with Gasteiger partial charge in [0.2, 0.25) is 0 Å². The van der Waals surface area contributed by atoms with Crippen molar-refractivity contribution in [3.8, 4) is 5.75 Å². The third-order valence-corrected chi connectivity index (χ3v) is 2.04. The van der Waals surface area contributed by atoms with Gasteiger partial charge >= 0.3 is 12.1 Å². The van der Waals surface area contributed by atoms with Crippen LogP contribution in [0.15, 0.2) is 18.2 Å². The first-order valence-electron chi connectivity index (χ1n) is 4.42. The number of carboxylic acid groups (broad SMARTS) is 1. The Morgan fingerprint density at radius 1 is 1.35 bits per heavy atom. The van der Waals surface area contributed by atoms with Crippen LogP contribution in [0.1, 0.15) is 17.2 Å². The number of aliphatic carboxylic acids is 1. The zero-order chi connectivity index (χ0) is 13.2. The van der Waals surface area contributed by atoms with Crippen LogP contribution >= 0.6 is 0 Å². The monoisotopic (exact) mass is 250 g/mol. The standard InChI is InChI=1S/C10H9F3O4/c1-17-7-3-5(8(14)9(15)16)2-6(4-7)10(11,12)13/h2-4,8,14H,1H3,(H,15,16). The number of methoxy groups -OCH3 is 1. The average Bonchev–Trinajstić information content (AvgIpc) is 2.26. The Kier molecular flexibility index (Phi) is 3.62. The summed E-state index contributed by atoms with van der Waals surface area (Å²) in [5, 5.41) is 17.7. The van der Waals surface area contributed by atoms with Crippen molar-refractivity contribution in [3.63, 3.8) is 0 Å². The van der Waals surface area contributed by atoms with Crippen LogP contribution in [0.25, 0.3) is 0 Å². The predicted molar refractivity (Wildman–Crippen MR) is 50.6 cm³/mol. The van der Waals surface area contributed by atoms with Gasteiger partial charge in [-0.3, -0.25) is 0 Å². The van der Waals surface area contributed by atoms with E-state index >= 15 is 0 Å². The van der Waals surface area contributed by atoms with E-state index in [1.54, 1.807) is 0 Å². The molecule has 0 aliphatic carbocycles. The molecule has 17 heavy (non-hydrogen) atoms. The lowest BCUT2D eigenvalue weighted by atomic mass is 10.0. The van der Waals surface area contributed by atoms with Crippen molar-refractivity contribution in [2.24, 2.45) is 0 Å². The molecule has 0 bridgehead atoms. The summed E-state index contributed by atoms with van der Waals surface area (Å²) >= 11 is 0. The summed E-state index contributed by atoms with van der Waals surface area (Å²) in [5.41, 5.74) is -1.46. The Labute approximate surface area is 94.3 Å². The van der Waals surface area contributed by atoms with E-state index in [0.717, 1.165) is 19.2 Å². The minimum absolute atomic E-state index is 0.171. The van der Waals surface area contributed by atoms with Gasteiger partial charge in [-0.2, -0.15) is 13.2 Å². The van der Waals surface area contributed by atoms with Crippen molar-refractivity contribution in [2.45, 2.75) is 12.3 Å². The number of carboxylic acids is 1. The van der Waals surface area contributed by atoms with E-state index in [9.17, 15) is 23.1 Å². The van der Waals surface area contributed by atoms with Gasteiger partial charge in [0, 0.05) is 0 Å². The molecule has 0 aromatic heterocycles. The number of hydrogen-bond acceptors (Lipinski definition) is 3. The lowest BCUT2D eigenvalue weighted by molar-refractivity contribution is -0.147. The molecule has 0 spiro atoms. The van der Waals surface area contributed by atoms with E-state index in [4.69, 9.17) is 5.11 Å². The van der Waals surface area contributed by atoms with Gasteiger partial charge in [-0.1, -0.05) is 0 Å². The van der Waals surface area contributed by atoms with E-state index in [1.807, 2.05) is 0 Å². The molecule has 0 fully saturated rings. The fraction of sp³-hybridized carbons (Fsp3) is 0.300. The van der Waals surface area contributed by atoms with Gasteiger partial charge < -0.3 is 14.9 Å². The smallest absolute Gasteiger partial charge is 0.416 e. The summed E-state index contributed by atoms with van der Waals surface area (Å²) in [5.74, 6) is -1.80. The molecular weight excluding hydrogens is 241 g/mol. The predicted octanol–water partition coefficient (Wildman–Crippen LogP) is 1.83. The summed E-state index contributed by atoms with van der Waals surface area (Å²) in [6, 6.07) is 2.33. The zero-order valence-electron chi connectivity index (χ0n) is 8.65. The normalized spacial score (nSPS) is 13.2.